The van der Waals surface area contributed by atoms with Gasteiger partial charge >= 0.3 is 0 Å². The van der Waals surface area contributed by atoms with Crippen molar-refractivity contribution in [1.82, 2.24) is 19.6 Å². The van der Waals surface area contributed by atoms with E-state index < -0.39 is 10.8 Å². The van der Waals surface area contributed by atoms with Crippen LogP contribution in [0.4, 0.5) is 11.4 Å². The Morgan fingerprint density at radius 3 is 2.77 bits per heavy atom. The van der Waals surface area contributed by atoms with Crippen LogP contribution in [-0.2, 0) is 11.2 Å². The second kappa shape index (κ2) is 6.75. The van der Waals surface area contributed by atoms with Crippen molar-refractivity contribution >= 4 is 23.1 Å². The maximum atomic E-state index is 12.3. The molecule has 10 nitrogen and oxygen atoms in total. The van der Waals surface area contributed by atoms with Gasteiger partial charge in [0.05, 0.1) is 24.1 Å². The highest BCUT2D eigenvalue weighted by Crippen LogP contribution is 2.28. The molecule has 0 aliphatic carbocycles. The molecule has 26 heavy (non-hydrogen) atoms. The van der Waals surface area contributed by atoms with E-state index in [1.54, 1.807) is 4.52 Å². The molecule has 0 saturated heterocycles. The summed E-state index contributed by atoms with van der Waals surface area (Å²) in [5.41, 5.74) is 1.72. The second-order valence-electron chi connectivity index (χ2n) is 5.65. The SMILES string of the molecule is COc1ccc([N+](=O)[O-])cc1NC(=O)Cc1nc2nc(C)cc(C)n2n1. The number of nitro benzene ring substituents is 1. The molecule has 2 aromatic heterocycles. The van der Waals surface area contributed by atoms with Crippen LogP contribution in [0.15, 0.2) is 24.3 Å². The molecule has 1 aromatic carbocycles. The number of nitrogens with one attached hydrogen (secondary N) is 1. The third-order valence-corrected chi connectivity index (χ3v) is 3.65. The van der Waals surface area contributed by atoms with Crippen LogP contribution >= 0.6 is 0 Å². The number of carbonyl (C=O) groups excluding carboxylic acids is 1. The number of aromatic nitrogens is 4. The van der Waals surface area contributed by atoms with Gasteiger partial charge in [0.15, 0.2) is 5.82 Å². The zero-order valence-electron chi connectivity index (χ0n) is 14.4. The van der Waals surface area contributed by atoms with Crippen LogP contribution in [0.3, 0.4) is 0 Å². The molecule has 0 radical (unpaired) electrons. The molecule has 10 heteroatoms. The first-order chi connectivity index (χ1) is 12.4. The molecule has 0 saturated carbocycles. The molecule has 1 N–H and O–H groups in total. The second-order valence-corrected chi connectivity index (χ2v) is 5.65. The molecule has 2 heterocycles. The fourth-order valence-corrected chi connectivity index (χ4v) is 2.53. The van der Waals surface area contributed by atoms with E-state index in [-0.39, 0.29) is 17.8 Å². The van der Waals surface area contributed by atoms with Gasteiger partial charge in [-0.05, 0) is 26.0 Å². The predicted octanol–water partition coefficient (Wildman–Crippen LogP) is 1.84. The van der Waals surface area contributed by atoms with E-state index in [4.69, 9.17) is 4.74 Å². The highest BCUT2D eigenvalue weighted by molar-refractivity contribution is 5.93. The van der Waals surface area contributed by atoms with Crippen molar-refractivity contribution in [2.45, 2.75) is 20.3 Å². The van der Waals surface area contributed by atoms with Crippen LogP contribution in [0.25, 0.3) is 5.78 Å². The number of non-ortho nitro benzene ring substituents is 1. The molecule has 0 spiro atoms. The topological polar surface area (TPSA) is 125 Å². The molecule has 0 aliphatic rings. The van der Waals surface area contributed by atoms with Crippen molar-refractivity contribution < 1.29 is 14.5 Å². The molecule has 0 bridgehead atoms. The standard InChI is InChI=1S/C16H16N6O4/c1-9-6-10(2)21-16(17-9)19-14(20-21)8-15(23)18-12-7-11(22(24)25)4-5-13(12)26-3/h4-7H,8H2,1-3H3,(H,18,23). The summed E-state index contributed by atoms with van der Waals surface area (Å²) in [6.45, 7) is 3.72. The van der Waals surface area contributed by atoms with Gasteiger partial charge in [0.1, 0.15) is 5.75 Å². The molecule has 0 unspecified atom stereocenters. The van der Waals surface area contributed by atoms with E-state index in [1.807, 2.05) is 19.9 Å². The highest BCUT2D eigenvalue weighted by atomic mass is 16.6. The van der Waals surface area contributed by atoms with Gasteiger partial charge in [0.2, 0.25) is 5.91 Å². The summed E-state index contributed by atoms with van der Waals surface area (Å²) in [6.07, 6.45) is -0.103. The van der Waals surface area contributed by atoms with E-state index in [2.05, 4.69) is 20.4 Å². The first-order valence-corrected chi connectivity index (χ1v) is 7.69. The first-order valence-electron chi connectivity index (χ1n) is 7.69. The number of rotatable bonds is 5. The third kappa shape index (κ3) is 3.43. The van der Waals surface area contributed by atoms with Crippen molar-refractivity contribution in [2.24, 2.45) is 0 Å². The van der Waals surface area contributed by atoms with Gasteiger partial charge in [-0.3, -0.25) is 14.9 Å². The predicted molar refractivity (Wildman–Crippen MR) is 92.2 cm³/mol. The van der Waals surface area contributed by atoms with E-state index >= 15 is 0 Å². The Bertz CT molecular complexity index is 1010. The summed E-state index contributed by atoms with van der Waals surface area (Å²) in [6, 6.07) is 5.82. The van der Waals surface area contributed by atoms with Crippen LogP contribution in [0.5, 0.6) is 5.75 Å². The van der Waals surface area contributed by atoms with Crippen molar-refractivity contribution in [3.63, 3.8) is 0 Å². The Hall–Kier alpha value is -3.56. The van der Waals surface area contributed by atoms with Crippen LogP contribution in [0.1, 0.15) is 17.2 Å². The number of fused-ring (bicyclic) bond motifs is 1. The monoisotopic (exact) mass is 356 g/mol. The third-order valence-electron chi connectivity index (χ3n) is 3.65. The number of nitrogens with zero attached hydrogens (tertiary/aromatic N) is 5. The van der Waals surface area contributed by atoms with Crippen LogP contribution in [0.2, 0.25) is 0 Å². The number of benzene rings is 1. The maximum absolute atomic E-state index is 12.3. The fraction of sp³-hybridized carbons (Fsp3) is 0.250. The van der Waals surface area contributed by atoms with Gasteiger partial charge in [-0.15, -0.1) is 5.10 Å². The Balaban J connectivity index is 1.82. The average Bonchev–Trinajstić information content (AvgIpc) is 2.97. The summed E-state index contributed by atoms with van der Waals surface area (Å²) in [5, 5.41) is 17.8. The maximum Gasteiger partial charge on any atom is 0.271 e. The summed E-state index contributed by atoms with van der Waals surface area (Å²) in [4.78, 5) is 31.2. The summed E-state index contributed by atoms with van der Waals surface area (Å²) < 4.78 is 6.68. The Morgan fingerprint density at radius 1 is 1.31 bits per heavy atom. The first kappa shape index (κ1) is 17.3. The van der Waals surface area contributed by atoms with Gasteiger partial charge in [0, 0.05) is 23.5 Å². The fourth-order valence-electron chi connectivity index (χ4n) is 2.53. The molecule has 3 rings (SSSR count). The Labute approximate surface area is 148 Å². The van der Waals surface area contributed by atoms with Crippen LogP contribution < -0.4 is 10.1 Å². The number of amides is 1. The molecule has 0 fully saturated rings. The minimum atomic E-state index is -0.546. The Morgan fingerprint density at radius 2 is 2.08 bits per heavy atom. The van der Waals surface area contributed by atoms with Crippen molar-refractivity contribution in [2.75, 3.05) is 12.4 Å². The molecule has 0 atom stereocenters. The summed E-state index contributed by atoms with van der Waals surface area (Å²) in [5.74, 6) is 0.612. The van der Waals surface area contributed by atoms with Gasteiger partial charge in [0.25, 0.3) is 11.5 Å². The lowest BCUT2D eigenvalue weighted by Gasteiger charge is -2.09. The number of carbonyl (C=O) groups is 1. The van der Waals surface area contributed by atoms with Gasteiger partial charge in [-0.25, -0.2) is 9.50 Å². The zero-order valence-corrected chi connectivity index (χ0v) is 14.4. The van der Waals surface area contributed by atoms with E-state index in [0.29, 0.717) is 17.4 Å². The smallest absolute Gasteiger partial charge is 0.271 e. The molecular weight excluding hydrogens is 340 g/mol. The Kier molecular flexibility index (Phi) is 4.48. The normalized spacial score (nSPS) is 10.7. The van der Waals surface area contributed by atoms with E-state index in [9.17, 15) is 14.9 Å². The molecule has 134 valence electrons. The summed E-state index contributed by atoms with van der Waals surface area (Å²) in [7, 11) is 1.41. The van der Waals surface area contributed by atoms with Crippen LogP contribution in [-0.4, -0.2) is 37.5 Å². The highest BCUT2D eigenvalue weighted by Gasteiger charge is 2.16. The lowest BCUT2D eigenvalue weighted by molar-refractivity contribution is -0.384. The van der Waals surface area contributed by atoms with Gasteiger partial charge in [-0.2, -0.15) is 4.98 Å². The zero-order chi connectivity index (χ0) is 18.8. The number of ether oxygens (including phenoxy) is 1. The number of aryl methyl sites for hydroxylation is 2. The molecule has 3 aromatic rings. The number of methoxy groups -OCH3 is 1. The number of hydrogen-bond acceptors (Lipinski definition) is 7. The minimum absolute atomic E-state index is 0.103. The van der Waals surface area contributed by atoms with Crippen molar-refractivity contribution in [3.05, 3.63) is 51.6 Å². The van der Waals surface area contributed by atoms with Crippen LogP contribution in [0, 0.1) is 24.0 Å². The van der Waals surface area contributed by atoms with Crippen molar-refractivity contribution in [3.8, 4) is 5.75 Å². The lowest BCUT2D eigenvalue weighted by Crippen LogP contribution is -2.16. The number of hydrogen-bond donors (Lipinski definition) is 1. The molecule has 1 amide bonds. The summed E-state index contributed by atoms with van der Waals surface area (Å²) >= 11 is 0. The van der Waals surface area contributed by atoms with E-state index in [0.717, 1.165) is 11.4 Å². The van der Waals surface area contributed by atoms with Gasteiger partial charge in [-0.1, -0.05) is 0 Å². The van der Waals surface area contributed by atoms with Gasteiger partial charge < -0.3 is 10.1 Å². The van der Waals surface area contributed by atoms with E-state index in [1.165, 1.54) is 25.3 Å². The average molecular weight is 356 g/mol. The quantitative estimate of drug-likeness (QED) is 0.546. The minimum Gasteiger partial charge on any atom is -0.495 e. The molecular formula is C16H16N6O4. The lowest BCUT2D eigenvalue weighted by atomic mass is 10.2. The largest absolute Gasteiger partial charge is 0.495 e. The number of nitro groups is 1. The number of anilines is 1. The molecule has 0 aliphatic heterocycles. The van der Waals surface area contributed by atoms with Crippen molar-refractivity contribution in [1.29, 1.82) is 0 Å².